The first-order valence-electron chi connectivity index (χ1n) is 7.07. The maximum absolute atomic E-state index is 11.8. The molecule has 4 N–H and O–H groups in total. The maximum atomic E-state index is 11.8. The smallest absolute Gasteiger partial charge is 0.242 e. The molecule has 0 bridgehead atoms. The summed E-state index contributed by atoms with van der Waals surface area (Å²) in [4.78, 5) is 23.4. The van der Waals surface area contributed by atoms with Crippen molar-refractivity contribution >= 4 is 11.8 Å². The molecule has 5 nitrogen and oxygen atoms in total. The molecule has 0 aromatic heterocycles. The van der Waals surface area contributed by atoms with Gasteiger partial charge >= 0.3 is 0 Å². The zero-order valence-corrected chi connectivity index (χ0v) is 12.7. The fraction of sp³-hybridized carbons (Fsp3) is 0.857. The molecule has 0 saturated carbocycles. The predicted molar refractivity (Wildman–Crippen MR) is 77.6 cm³/mol. The van der Waals surface area contributed by atoms with Crippen LogP contribution >= 0.6 is 0 Å². The molecule has 0 radical (unpaired) electrons. The van der Waals surface area contributed by atoms with Crippen LogP contribution in [0.4, 0.5) is 0 Å². The summed E-state index contributed by atoms with van der Waals surface area (Å²) >= 11 is 0. The van der Waals surface area contributed by atoms with E-state index in [1.807, 2.05) is 20.8 Å². The summed E-state index contributed by atoms with van der Waals surface area (Å²) in [6.45, 7) is 8.15. The largest absolute Gasteiger partial charge is 0.350 e. The summed E-state index contributed by atoms with van der Waals surface area (Å²) in [6.07, 6.45) is 4.39. The van der Waals surface area contributed by atoms with Gasteiger partial charge in [-0.05, 0) is 47.1 Å². The lowest BCUT2D eigenvalue weighted by molar-refractivity contribution is -0.129. The number of rotatable bonds is 8. The van der Waals surface area contributed by atoms with Crippen LogP contribution in [0.3, 0.4) is 0 Å². The number of amides is 2. The van der Waals surface area contributed by atoms with Crippen LogP contribution in [-0.2, 0) is 9.59 Å². The molecule has 0 aromatic rings. The molecular weight excluding hydrogens is 242 g/mol. The summed E-state index contributed by atoms with van der Waals surface area (Å²) in [6, 6.07) is -0.490. The second kappa shape index (κ2) is 8.91. The second-order valence-electron chi connectivity index (χ2n) is 5.98. The minimum Gasteiger partial charge on any atom is -0.350 e. The standard InChI is InChI=1S/C14H29N3O2/c1-11(13(19)17-14(2,3)4)16-12(18)9-7-5-6-8-10-15/h11H,5-10,15H2,1-4H3,(H,16,18)(H,17,19). The highest BCUT2D eigenvalue weighted by molar-refractivity contribution is 5.87. The zero-order chi connectivity index (χ0) is 14.9. The molecule has 0 rings (SSSR count). The normalized spacial score (nSPS) is 12.9. The van der Waals surface area contributed by atoms with Gasteiger partial charge in [-0.25, -0.2) is 0 Å². The van der Waals surface area contributed by atoms with Gasteiger partial charge in [0.05, 0.1) is 0 Å². The number of unbranched alkanes of at least 4 members (excludes halogenated alkanes) is 3. The van der Waals surface area contributed by atoms with Crippen LogP contribution in [0.2, 0.25) is 0 Å². The van der Waals surface area contributed by atoms with Crippen molar-refractivity contribution in [3.05, 3.63) is 0 Å². The molecular formula is C14H29N3O2. The van der Waals surface area contributed by atoms with E-state index in [2.05, 4.69) is 10.6 Å². The Hall–Kier alpha value is -1.10. The number of hydrogen-bond acceptors (Lipinski definition) is 3. The van der Waals surface area contributed by atoms with Gasteiger partial charge in [0.15, 0.2) is 0 Å². The van der Waals surface area contributed by atoms with Gasteiger partial charge in [0.1, 0.15) is 6.04 Å². The Morgan fingerprint density at radius 3 is 2.21 bits per heavy atom. The fourth-order valence-corrected chi connectivity index (χ4v) is 1.64. The minimum absolute atomic E-state index is 0.0655. The van der Waals surface area contributed by atoms with E-state index in [1.165, 1.54) is 0 Å². The van der Waals surface area contributed by atoms with Crippen LogP contribution in [0, 0.1) is 0 Å². The highest BCUT2D eigenvalue weighted by atomic mass is 16.2. The first kappa shape index (κ1) is 17.9. The molecule has 0 heterocycles. The lowest BCUT2D eigenvalue weighted by Gasteiger charge is -2.23. The minimum atomic E-state index is -0.490. The second-order valence-corrected chi connectivity index (χ2v) is 5.98. The summed E-state index contributed by atoms with van der Waals surface area (Å²) in [5.74, 6) is -0.215. The number of nitrogens with two attached hydrogens (primary N) is 1. The number of carbonyl (C=O) groups is 2. The van der Waals surface area contributed by atoms with E-state index >= 15 is 0 Å². The van der Waals surface area contributed by atoms with Crippen molar-refractivity contribution in [1.29, 1.82) is 0 Å². The third-order valence-electron chi connectivity index (χ3n) is 2.63. The fourth-order valence-electron chi connectivity index (χ4n) is 1.64. The molecule has 0 aliphatic heterocycles. The van der Waals surface area contributed by atoms with Gasteiger partial charge in [0.25, 0.3) is 0 Å². The van der Waals surface area contributed by atoms with E-state index < -0.39 is 6.04 Å². The summed E-state index contributed by atoms with van der Waals surface area (Å²) in [7, 11) is 0. The quantitative estimate of drug-likeness (QED) is 0.582. The van der Waals surface area contributed by atoms with Gasteiger partial charge in [-0.15, -0.1) is 0 Å². The molecule has 1 unspecified atom stereocenters. The lowest BCUT2D eigenvalue weighted by atomic mass is 10.1. The van der Waals surface area contributed by atoms with Crippen LogP contribution in [0.25, 0.3) is 0 Å². The van der Waals surface area contributed by atoms with Crippen molar-refractivity contribution in [2.24, 2.45) is 5.73 Å². The molecule has 0 fully saturated rings. The Bertz CT molecular complexity index is 285. The average Bonchev–Trinajstić information content (AvgIpc) is 2.26. The number of nitrogens with one attached hydrogen (secondary N) is 2. The van der Waals surface area contributed by atoms with Crippen LogP contribution in [0.1, 0.15) is 59.8 Å². The zero-order valence-electron chi connectivity index (χ0n) is 12.7. The molecule has 5 heteroatoms. The molecule has 112 valence electrons. The van der Waals surface area contributed by atoms with Crippen molar-refractivity contribution in [1.82, 2.24) is 10.6 Å². The van der Waals surface area contributed by atoms with Crippen molar-refractivity contribution in [3.63, 3.8) is 0 Å². The van der Waals surface area contributed by atoms with E-state index in [1.54, 1.807) is 6.92 Å². The van der Waals surface area contributed by atoms with Crippen LogP contribution in [-0.4, -0.2) is 29.9 Å². The first-order chi connectivity index (χ1) is 8.76. The Kier molecular flexibility index (Phi) is 8.39. The van der Waals surface area contributed by atoms with Crippen LogP contribution in [0.5, 0.6) is 0 Å². The molecule has 0 aromatic carbocycles. The van der Waals surface area contributed by atoms with E-state index in [0.717, 1.165) is 25.7 Å². The molecule has 0 aliphatic carbocycles. The number of hydrogen-bond donors (Lipinski definition) is 3. The summed E-state index contributed by atoms with van der Waals surface area (Å²) in [5.41, 5.74) is 5.12. The third-order valence-corrected chi connectivity index (χ3v) is 2.63. The Balaban J connectivity index is 3.83. The predicted octanol–water partition coefficient (Wildman–Crippen LogP) is 1.32. The molecule has 2 amide bonds. The van der Waals surface area contributed by atoms with Gasteiger partial charge < -0.3 is 16.4 Å². The first-order valence-corrected chi connectivity index (χ1v) is 7.07. The van der Waals surface area contributed by atoms with Crippen molar-refractivity contribution in [2.75, 3.05) is 6.54 Å². The van der Waals surface area contributed by atoms with E-state index in [-0.39, 0.29) is 17.4 Å². The van der Waals surface area contributed by atoms with E-state index in [0.29, 0.717) is 13.0 Å². The van der Waals surface area contributed by atoms with Crippen LogP contribution in [0.15, 0.2) is 0 Å². The van der Waals surface area contributed by atoms with Gasteiger partial charge in [0.2, 0.25) is 11.8 Å². The molecule has 19 heavy (non-hydrogen) atoms. The number of carbonyl (C=O) groups excluding carboxylic acids is 2. The van der Waals surface area contributed by atoms with Crippen LogP contribution < -0.4 is 16.4 Å². The maximum Gasteiger partial charge on any atom is 0.242 e. The van der Waals surface area contributed by atoms with Crippen molar-refractivity contribution in [2.45, 2.75) is 71.4 Å². The highest BCUT2D eigenvalue weighted by Crippen LogP contribution is 2.03. The van der Waals surface area contributed by atoms with Crippen molar-refractivity contribution < 1.29 is 9.59 Å². The topological polar surface area (TPSA) is 84.2 Å². The summed E-state index contributed by atoms with van der Waals surface area (Å²) in [5, 5.41) is 5.56. The Morgan fingerprint density at radius 1 is 1.11 bits per heavy atom. The van der Waals surface area contributed by atoms with Crippen molar-refractivity contribution in [3.8, 4) is 0 Å². The van der Waals surface area contributed by atoms with Gasteiger partial charge in [-0.1, -0.05) is 12.8 Å². The lowest BCUT2D eigenvalue weighted by Crippen LogP contribution is -2.50. The third kappa shape index (κ3) is 10.5. The van der Waals surface area contributed by atoms with Gasteiger partial charge in [-0.3, -0.25) is 9.59 Å². The monoisotopic (exact) mass is 271 g/mol. The van der Waals surface area contributed by atoms with E-state index in [9.17, 15) is 9.59 Å². The van der Waals surface area contributed by atoms with Gasteiger partial charge in [0, 0.05) is 12.0 Å². The average molecular weight is 271 g/mol. The highest BCUT2D eigenvalue weighted by Gasteiger charge is 2.20. The molecule has 0 saturated heterocycles. The Morgan fingerprint density at radius 2 is 1.68 bits per heavy atom. The molecule has 0 spiro atoms. The Labute approximate surface area is 116 Å². The van der Waals surface area contributed by atoms with Gasteiger partial charge in [-0.2, -0.15) is 0 Å². The van der Waals surface area contributed by atoms with E-state index in [4.69, 9.17) is 5.73 Å². The summed E-state index contributed by atoms with van der Waals surface area (Å²) < 4.78 is 0. The SMILES string of the molecule is CC(NC(=O)CCCCCCN)C(=O)NC(C)(C)C. The molecule has 0 aliphatic rings. The molecule has 1 atom stereocenters.